The molecule has 1 fully saturated rings. The first-order valence-corrected chi connectivity index (χ1v) is 4.57. The van der Waals surface area contributed by atoms with Gasteiger partial charge in [-0.1, -0.05) is 0 Å². The van der Waals surface area contributed by atoms with E-state index < -0.39 is 17.6 Å². The van der Waals surface area contributed by atoms with Gasteiger partial charge in [0.25, 0.3) is 0 Å². The smallest absolute Gasteiger partial charge is 0.338 e. The number of benzene rings is 1. The molecule has 0 amide bonds. The van der Waals surface area contributed by atoms with E-state index in [1.54, 1.807) is 0 Å². The minimum Gasteiger partial charge on any atom is -0.478 e. The van der Waals surface area contributed by atoms with Crippen molar-refractivity contribution >= 4 is 11.7 Å². The van der Waals surface area contributed by atoms with Crippen LogP contribution in [-0.4, -0.2) is 17.1 Å². The molecule has 15 heavy (non-hydrogen) atoms. The van der Waals surface area contributed by atoms with Crippen molar-refractivity contribution in [2.75, 3.05) is 5.32 Å². The highest BCUT2D eigenvalue weighted by molar-refractivity contribution is 5.94. The second-order valence-corrected chi connectivity index (χ2v) is 3.53. The molecular formula is C10H9F2NO2. The van der Waals surface area contributed by atoms with Crippen LogP contribution in [0.1, 0.15) is 23.2 Å². The molecular weight excluding hydrogens is 204 g/mol. The first kappa shape index (κ1) is 9.89. The molecule has 0 aromatic heterocycles. The molecule has 1 saturated carbocycles. The zero-order chi connectivity index (χ0) is 11.0. The lowest BCUT2D eigenvalue weighted by Gasteiger charge is -2.09. The summed E-state index contributed by atoms with van der Waals surface area (Å²) in [7, 11) is 0. The molecule has 0 unspecified atom stereocenters. The molecule has 2 N–H and O–H groups in total. The number of aromatic carboxylic acids is 1. The van der Waals surface area contributed by atoms with E-state index in [1.165, 1.54) is 0 Å². The number of nitrogens with one attached hydrogen (secondary N) is 1. The fourth-order valence-corrected chi connectivity index (χ4v) is 1.32. The number of halogens is 2. The fraction of sp³-hybridized carbons (Fsp3) is 0.300. The fourth-order valence-electron chi connectivity index (χ4n) is 1.32. The largest absolute Gasteiger partial charge is 0.478 e. The number of carboxylic acid groups (broad SMARTS) is 1. The summed E-state index contributed by atoms with van der Waals surface area (Å²) in [5, 5.41) is 11.5. The molecule has 5 heteroatoms. The molecule has 1 aliphatic carbocycles. The average Bonchev–Trinajstić information content (AvgIpc) is 2.92. The van der Waals surface area contributed by atoms with Crippen molar-refractivity contribution in [1.29, 1.82) is 0 Å². The van der Waals surface area contributed by atoms with E-state index in [1.807, 2.05) is 0 Å². The van der Waals surface area contributed by atoms with Crippen LogP contribution in [0.2, 0.25) is 0 Å². The lowest BCUT2D eigenvalue weighted by atomic mass is 10.1. The lowest BCUT2D eigenvalue weighted by Crippen LogP contribution is -2.10. The average molecular weight is 213 g/mol. The van der Waals surface area contributed by atoms with Gasteiger partial charge in [0.2, 0.25) is 0 Å². The van der Waals surface area contributed by atoms with Gasteiger partial charge in [-0.3, -0.25) is 0 Å². The number of rotatable bonds is 3. The van der Waals surface area contributed by atoms with E-state index in [-0.39, 0.29) is 17.3 Å². The Kier molecular flexibility index (Phi) is 2.30. The normalized spacial score (nSPS) is 15.1. The standard InChI is InChI=1S/C10H9F2NO2/c11-5-3-7(10(14)15)9(8(12)4-5)13-6-1-2-6/h3-4,6,13H,1-2H2,(H,14,15). The van der Waals surface area contributed by atoms with Crippen LogP contribution in [0.3, 0.4) is 0 Å². The lowest BCUT2D eigenvalue weighted by molar-refractivity contribution is 0.0697. The predicted molar refractivity (Wildman–Crippen MR) is 50.0 cm³/mol. The van der Waals surface area contributed by atoms with Crippen molar-refractivity contribution in [3.63, 3.8) is 0 Å². The van der Waals surface area contributed by atoms with Crippen LogP contribution in [0, 0.1) is 11.6 Å². The third-order valence-corrected chi connectivity index (χ3v) is 2.21. The van der Waals surface area contributed by atoms with Crippen molar-refractivity contribution in [1.82, 2.24) is 0 Å². The Morgan fingerprint density at radius 2 is 2.07 bits per heavy atom. The molecule has 1 aromatic carbocycles. The molecule has 0 atom stereocenters. The monoisotopic (exact) mass is 213 g/mol. The van der Waals surface area contributed by atoms with E-state index in [0.717, 1.165) is 18.9 Å². The highest BCUT2D eigenvalue weighted by Crippen LogP contribution is 2.29. The summed E-state index contributed by atoms with van der Waals surface area (Å²) in [5.74, 6) is -3.08. The summed E-state index contributed by atoms with van der Waals surface area (Å²) in [6.45, 7) is 0. The Morgan fingerprint density at radius 3 is 2.60 bits per heavy atom. The SMILES string of the molecule is O=C(O)c1cc(F)cc(F)c1NC1CC1. The Balaban J connectivity index is 2.42. The van der Waals surface area contributed by atoms with E-state index in [2.05, 4.69) is 5.32 Å². The number of anilines is 1. The van der Waals surface area contributed by atoms with Crippen LogP contribution in [0.5, 0.6) is 0 Å². The molecule has 0 aliphatic heterocycles. The second kappa shape index (κ2) is 3.49. The maximum Gasteiger partial charge on any atom is 0.338 e. The third kappa shape index (κ3) is 2.06. The van der Waals surface area contributed by atoms with Gasteiger partial charge in [0.05, 0.1) is 11.3 Å². The van der Waals surface area contributed by atoms with Crippen molar-refractivity contribution in [2.45, 2.75) is 18.9 Å². The Hall–Kier alpha value is -1.65. The van der Waals surface area contributed by atoms with Crippen molar-refractivity contribution in [3.05, 3.63) is 29.3 Å². The van der Waals surface area contributed by atoms with Crippen molar-refractivity contribution in [2.24, 2.45) is 0 Å². The zero-order valence-corrected chi connectivity index (χ0v) is 7.76. The third-order valence-electron chi connectivity index (χ3n) is 2.21. The molecule has 2 rings (SSSR count). The highest BCUT2D eigenvalue weighted by atomic mass is 19.1. The van der Waals surface area contributed by atoms with Crippen LogP contribution in [0.4, 0.5) is 14.5 Å². The van der Waals surface area contributed by atoms with Gasteiger partial charge < -0.3 is 10.4 Å². The molecule has 0 spiro atoms. The minimum absolute atomic E-state index is 0.114. The predicted octanol–water partition coefficient (Wildman–Crippen LogP) is 2.24. The van der Waals surface area contributed by atoms with Gasteiger partial charge in [-0.15, -0.1) is 0 Å². The van der Waals surface area contributed by atoms with Gasteiger partial charge in [-0.25, -0.2) is 13.6 Å². The molecule has 0 bridgehead atoms. The summed E-state index contributed by atoms with van der Waals surface area (Å²) in [5.41, 5.74) is -0.481. The maximum atomic E-state index is 13.3. The molecule has 0 saturated heterocycles. The first-order chi connectivity index (χ1) is 7.08. The molecule has 1 aromatic rings. The highest BCUT2D eigenvalue weighted by Gasteiger charge is 2.25. The van der Waals surface area contributed by atoms with Gasteiger partial charge >= 0.3 is 5.97 Å². The number of carboxylic acids is 1. The van der Waals surface area contributed by atoms with Gasteiger partial charge in [0.1, 0.15) is 11.6 Å². The van der Waals surface area contributed by atoms with E-state index >= 15 is 0 Å². The Morgan fingerprint density at radius 1 is 1.40 bits per heavy atom. The molecule has 3 nitrogen and oxygen atoms in total. The molecule has 80 valence electrons. The van der Waals surface area contributed by atoms with E-state index in [0.29, 0.717) is 6.07 Å². The van der Waals surface area contributed by atoms with E-state index in [9.17, 15) is 13.6 Å². The Bertz CT molecular complexity index is 416. The Labute approximate surface area is 84.7 Å². The molecule has 0 radical (unpaired) electrons. The zero-order valence-electron chi connectivity index (χ0n) is 7.76. The summed E-state index contributed by atoms with van der Waals surface area (Å²) in [6.07, 6.45) is 1.77. The van der Waals surface area contributed by atoms with Crippen molar-refractivity contribution in [3.8, 4) is 0 Å². The first-order valence-electron chi connectivity index (χ1n) is 4.57. The molecule has 1 aliphatic rings. The number of hydrogen-bond donors (Lipinski definition) is 2. The summed E-state index contributed by atoms with van der Waals surface area (Å²) < 4.78 is 26.1. The van der Waals surface area contributed by atoms with Crippen LogP contribution in [0.15, 0.2) is 12.1 Å². The molecule has 0 heterocycles. The number of carbonyl (C=O) groups is 1. The van der Waals surface area contributed by atoms with Crippen LogP contribution in [-0.2, 0) is 0 Å². The van der Waals surface area contributed by atoms with Gasteiger partial charge in [0.15, 0.2) is 0 Å². The quantitative estimate of drug-likeness (QED) is 0.809. The van der Waals surface area contributed by atoms with Crippen LogP contribution < -0.4 is 5.32 Å². The van der Waals surface area contributed by atoms with Crippen LogP contribution in [0.25, 0.3) is 0 Å². The van der Waals surface area contributed by atoms with E-state index in [4.69, 9.17) is 5.11 Å². The van der Waals surface area contributed by atoms with Crippen molar-refractivity contribution < 1.29 is 18.7 Å². The minimum atomic E-state index is -1.34. The summed E-state index contributed by atoms with van der Waals surface area (Å²) in [4.78, 5) is 10.8. The van der Waals surface area contributed by atoms with Gasteiger partial charge in [0, 0.05) is 12.1 Å². The topological polar surface area (TPSA) is 49.3 Å². The van der Waals surface area contributed by atoms with Crippen LogP contribution >= 0.6 is 0 Å². The van der Waals surface area contributed by atoms with Gasteiger partial charge in [-0.2, -0.15) is 0 Å². The van der Waals surface area contributed by atoms with Gasteiger partial charge in [-0.05, 0) is 18.9 Å². The second-order valence-electron chi connectivity index (χ2n) is 3.53. The number of hydrogen-bond acceptors (Lipinski definition) is 2. The maximum absolute atomic E-state index is 13.3. The summed E-state index contributed by atoms with van der Waals surface area (Å²) in [6, 6.07) is 1.61. The summed E-state index contributed by atoms with van der Waals surface area (Å²) >= 11 is 0.